The number of thioether (sulfide) groups is 1. The Hall–Kier alpha value is -0.840. The summed E-state index contributed by atoms with van der Waals surface area (Å²) in [6.07, 6.45) is 2.08. The van der Waals surface area contributed by atoms with Crippen molar-refractivity contribution in [3.8, 4) is 11.3 Å². The van der Waals surface area contributed by atoms with Gasteiger partial charge in [0, 0.05) is 15.8 Å². The quantitative estimate of drug-likeness (QED) is 0.842. The molecule has 0 spiro atoms. The summed E-state index contributed by atoms with van der Waals surface area (Å²) in [6, 6.07) is 8.48. The summed E-state index contributed by atoms with van der Waals surface area (Å²) in [5, 5.41) is 3.10. The van der Waals surface area contributed by atoms with E-state index in [0.717, 1.165) is 16.3 Å². The minimum Gasteiger partial charge on any atom is -0.322 e. The van der Waals surface area contributed by atoms with Crippen LogP contribution in [-0.4, -0.2) is 11.2 Å². The van der Waals surface area contributed by atoms with Gasteiger partial charge in [0.05, 0.1) is 11.7 Å². The topological polar surface area (TPSA) is 38.9 Å². The van der Waals surface area contributed by atoms with Crippen LogP contribution in [0, 0.1) is 5.41 Å². The maximum Gasteiger partial charge on any atom is 0.111 e. The van der Waals surface area contributed by atoms with Crippen molar-refractivity contribution in [1.82, 2.24) is 4.98 Å². The number of thiazole rings is 1. The Balaban J connectivity index is 2.25. The van der Waals surface area contributed by atoms with Gasteiger partial charge < -0.3 is 5.73 Å². The van der Waals surface area contributed by atoms with Crippen molar-refractivity contribution in [3.63, 3.8) is 0 Å². The number of hydrogen-bond donors (Lipinski definition) is 1. The average Bonchev–Trinajstić information content (AvgIpc) is 2.86. The van der Waals surface area contributed by atoms with E-state index in [2.05, 4.69) is 61.7 Å². The van der Waals surface area contributed by atoms with Gasteiger partial charge in [0.2, 0.25) is 0 Å². The third-order valence-electron chi connectivity index (χ3n) is 3.11. The highest BCUT2D eigenvalue weighted by Gasteiger charge is 2.25. The highest BCUT2D eigenvalue weighted by atomic mass is 32.2. The highest BCUT2D eigenvalue weighted by Crippen LogP contribution is 2.34. The summed E-state index contributed by atoms with van der Waals surface area (Å²) in [6.45, 7) is 6.43. The van der Waals surface area contributed by atoms with E-state index in [1.165, 1.54) is 4.90 Å². The van der Waals surface area contributed by atoms with Crippen LogP contribution in [0.2, 0.25) is 0 Å². The van der Waals surface area contributed by atoms with E-state index < -0.39 is 0 Å². The van der Waals surface area contributed by atoms with Gasteiger partial charge in [-0.15, -0.1) is 23.1 Å². The molecule has 2 aromatic rings. The van der Waals surface area contributed by atoms with Crippen molar-refractivity contribution in [2.45, 2.75) is 31.7 Å². The van der Waals surface area contributed by atoms with Crippen molar-refractivity contribution in [3.05, 3.63) is 34.7 Å². The third-order valence-corrected chi connectivity index (χ3v) is 4.78. The Bertz CT molecular complexity index is 538. The summed E-state index contributed by atoms with van der Waals surface area (Å²) in [7, 11) is 0. The molecule has 1 aromatic heterocycles. The minimum atomic E-state index is -0.0169. The fraction of sp³-hybridized carbons (Fsp3) is 0.400. The van der Waals surface area contributed by atoms with Crippen LogP contribution in [0.15, 0.2) is 34.5 Å². The third kappa shape index (κ3) is 3.38. The van der Waals surface area contributed by atoms with Gasteiger partial charge in [0.15, 0.2) is 0 Å². The van der Waals surface area contributed by atoms with Crippen LogP contribution in [0.5, 0.6) is 0 Å². The molecule has 2 rings (SSSR count). The molecule has 0 aliphatic heterocycles. The number of hydrogen-bond acceptors (Lipinski definition) is 4. The lowest BCUT2D eigenvalue weighted by Gasteiger charge is -2.24. The van der Waals surface area contributed by atoms with Gasteiger partial charge in [-0.1, -0.05) is 32.9 Å². The molecule has 102 valence electrons. The predicted molar refractivity (Wildman–Crippen MR) is 85.7 cm³/mol. The summed E-state index contributed by atoms with van der Waals surface area (Å²) in [5.41, 5.74) is 8.47. The fourth-order valence-electron chi connectivity index (χ4n) is 1.70. The first kappa shape index (κ1) is 14.6. The van der Waals surface area contributed by atoms with E-state index in [9.17, 15) is 0 Å². The predicted octanol–water partition coefficient (Wildman–Crippen LogP) is 4.58. The molecule has 0 radical (unpaired) electrons. The molecule has 1 heterocycles. The molecule has 4 heteroatoms. The van der Waals surface area contributed by atoms with E-state index in [1.807, 2.05) is 0 Å². The molecule has 19 heavy (non-hydrogen) atoms. The monoisotopic (exact) mass is 292 g/mol. The largest absolute Gasteiger partial charge is 0.322 e. The first-order valence-electron chi connectivity index (χ1n) is 6.27. The number of aromatic nitrogens is 1. The molecule has 2 nitrogen and oxygen atoms in total. The van der Waals surface area contributed by atoms with E-state index in [0.29, 0.717) is 0 Å². The molecule has 0 fully saturated rings. The van der Waals surface area contributed by atoms with E-state index in [-0.39, 0.29) is 11.5 Å². The van der Waals surface area contributed by atoms with E-state index in [4.69, 9.17) is 5.73 Å². The zero-order valence-corrected chi connectivity index (χ0v) is 13.4. The normalized spacial score (nSPS) is 13.5. The van der Waals surface area contributed by atoms with Crippen LogP contribution in [0.4, 0.5) is 0 Å². The molecule has 0 saturated heterocycles. The van der Waals surface area contributed by atoms with Crippen molar-refractivity contribution < 1.29 is 0 Å². The lowest BCUT2D eigenvalue weighted by atomic mass is 9.88. The molecule has 0 saturated carbocycles. The first-order valence-corrected chi connectivity index (χ1v) is 8.37. The van der Waals surface area contributed by atoms with Crippen LogP contribution in [0.25, 0.3) is 11.3 Å². The molecule has 2 N–H and O–H groups in total. The maximum atomic E-state index is 6.25. The van der Waals surface area contributed by atoms with Gasteiger partial charge in [-0.05, 0) is 23.8 Å². The Kier molecular flexibility index (Phi) is 4.33. The second kappa shape index (κ2) is 5.65. The van der Waals surface area contributed by atoms with Crippen LogP contribution in [0.3, 0.4) is 0 Å². The molecule has 1 unspecified atom stereocenters. The van der Waals surface area contributed by atoms with Gasteiger partial charge in [-0.2, -0.15) is 0 Å². The first-order chi connectivity index (χ1) is 8.91. The molecule has 1 atom stereocenters. The standard InChI is InChI=1S/C15H20N2S2/c1-15(2,3)13(16)14-17-12(9-19-14)10-5-7-11(18-4)8-6-10/h5-9,13H,16H2,1-4H3. The van der Waals surface area contributed by atoms with Crippen molar-refractivity contribution >= 4 is 23.1 Å². The number of benzene rings is 1. The Labute approximate surface area is 123 Å². The number of rotatable bonds is 3. The molecular formula is C15H20N2S2. The Morgan fingerprint density at radius 2 is 1.84 bits per heavy atom. The van der Waals surface area contributed by atoms with Crippen molar-refractivity contribution in [2.75, 3.05) is 6.26 Å². The van der Waals surface area contributed by atoms with Gasteiger partial charge in [0.1, 0.15) is 5.01 Å². The van der Waals surface area contributed by atoms with Crippen LogP contribution in [-0.2, 0) is 0 Å². The summed E-state index contributed by atoms with van der Waals surface area (Å²) in [5.74, 6) is 0. The smallest absolute Gasteiger partial charge is 0.111 e. The summed E-state index contributed by atoms with van der Waals surface area (Å²) >= 11 is 3.40. The van der Waals surface area contributed by atoms with E-state index >= 15 is 0 Å². The Morgan fingerprint density at radius 1 is 1.21 bits per heavy atom. The van der Waals surface area contributed by atoms with Gasteiger partial charge >= 0.3 is 0 Å². The van der Waals surface area contributed by atoms with Gasteiger partial charge in [-0.3, -0.25) is 0 Å². The lowest BCUT2D eigenvalue weighted by Crippen LogP contribution is -2.26. The van der Waals surface area contributed by atoms with Crippen molar-refractivity contribution in [2.24, 2.45) is 11.1 Å². The molecule has 0 bridgehead atoms. The lowest BCUT2D eigenvalue weighted by molar-refractivity contribution is 0.326. The zero-order valence-electron chi connectivity index (χ0n) is 11.8. The molecule has 0 aliphatic rings. The zero-order chi connectivity index (χ0) is 14.0. The second-order valence-electron chi connectivity index (χ2n) is 5.64. The number of nitrogens with zero attached hydrogens (tertiary/aromatic N) is 1. The van der Waals surface area contributed by atoms with Crippen LogP contribution in [0.1, 0.15) is 31.8 Å². The fourth-order valence-corrected chi connectivity index (χ4v) is 3.18. The Morgan fingerprint density at radius 3 is 2.37 bits per heavy atom. The van der Waals surface area contributed by atoms with Gasteiger partial charge in [-0.25, -0.2) is 4.98 Å². The minimum absolute atomic E-state index is 0.0169. The molecule has 0 aliphatic carbocycles. The summed E-state index contributed by atoms with van der Waals surface area (Å²) < 4.78 is 0. The highest BCUT2D eigenvalue weighted by molar-refractivity contribution is 7.98. The maximum absolute atomic E-state index is 6.25. The van der Waals surface area contributed by atoms with Gasteiger partial charge in [0.25, 0.3) is 0 Å². The molecular weight excluding hydrogens is 272 g/mol. The molecule has 1 aromatic carbocycles. The number of nitrogens with two attached hydrogens (primary N) is 1. The summed E-state index contributed by atoms with van der Waals surface area (Å²) in [4.78, 5) is 5.96. The van der Waals surface area contributed by atoms with Crippen LogP contribution < -0.4 is 5.73 Å². The van der Waals surface area contributed by atoms with Crippen LogP contribution >= 0.6 is 23.1 Å². The second-order valence-corrected chi connectivity index (χ2v) is 7.41. The molecule has 0 amide bonds. The van der Waals surface area contributed by atoms with E-state index in [1.54, 1.807) is 23.1 Å². The average molecular weight is 292 g/mol. The van der Waals surface area contributed by atoms with Crippen molar-refractivity contribution in [1.29, 1.82) is 0 Å². The SMILES string of the molecule is CSc1ccc(-c2csc(C(N)C(C)(C)C)n2)cc1.